The molecule has 0 heterocycles. The molecule has 0 spiro atoms. The van der Waals surface area contributed by atoms with Crippen LogP contribution in [0.1, 0.15) is 23.1 Å². The standard InChI is InChI=1S/C22H25NO2S/c1-3-26-18(2)16-23(13-12-22(24)25)17-21-11-7-10-20(15-21)14-19-8-5-4-6-9-19/h3-11,15H,1-2,12-14,16-17H2,(H,24,25). The van der Waals surface area contributed by atoms with E-state index in [1.807, 2.05) is 6.07 Å². The van der Waals surface area contributed by atoms with Crippen LogP contribution >= 0.6 is 11.8 Å². The summed E-state index contributed by atoms with van der Waals surface area (Å²) in [5.74, 6) is -0.783. The molecule has 1 N–H and O–H groups in total. The normalized spacial score (nSPS) is 10.7. The first-order valence-corrected chi connectivity index (χ1v) is 9.46. The number of hydrogen-bond donors (Lipinski definition) is 1. The van der Waals surface area contributed by atoms with Crippen LogP contribution in [-0.4, -0.2) is 29.1 Å². The van der Waals surface area contributed by atoms with Gasteiger partial charge < -0.3 is 5.11 Å². The number of thioether (sulfide) groups is 1. The second-order valence-electron chi connectivity index (χ2n) is 6.16. The second kappa shape index (κ2) is 10.6. The zero-order chi connectivity index (χ0) is 18.8. The van der Waals surface area contributed by atoms with E-state index in [2.05, 4.69) is 66.6 Å². The van der Waals surface area contributed by atoms with Gasteiger partial charge in [0.2, 0.25) is 0 Å². The van der Waals surface area contributed by atoms with Crippen LogP contribution in [0.15, 0.2) is 78.1 Å². The van der Waals surface area contributed by atoms with Gasteiger partial charge in [-0.25, -0.2) is 0 Å². The van der Waals surface area contributed by atoms with Crippen LogP contribution in [0.2, 0.25) is 0 Å². The SMILES string of the molecule is C=CSC(=C)CN(CCC(=O)O)Cc1cccc(Cc2ccccc2)c1. The summed E-state index contributed by atoms with van der Waals surface area (Å²) in [4.78, 5) is 14.0. The van der Waals surface area contributed by atoms with E-state index in [0.29, 0.717) is 19.6 Å². The molecule has 0 aromatic heterocycles. The third-order valence-corrected chi connectivity index (χ3v) is 4.57. The highest BCUT2D eigenvalue weighted by molar-refractivity contribution is 8.05. The molecule has 0 aliphatic heterocycles. The number of carboxylic acids is 1. The minimum absolute atomic E-state index is 0.121. The van der Waals surface area contributed by atoms with E-state index in [1.54, 1.807) is 5.41 Å². The van der Waals surface area contributed by atoms with Gasteiger partial charge in [0.1, 0.15) is 0 Å². The molecule has 0 aliphatic carbocycles. The number of nitrogens with zero attached hydrogens (tertiary/aromatic N) is 1. The average molecular weight is 368 g/mol. The Bertz CT molecular complexity index is 743. The monoisotopic (exact) mass is 367 g/mol. The maximum absolute atomic E-state index is 11.0. The fourth-order valence-electron chi connectivity index (χ4n) is 2.80. The fourth-order valence-corrected chi connectivity index (χ4v) is 3.29. The predicted molar refractivity (Wildman–Crippen MR) is 110 cm³/mol. The summed E-state index contributed by atoms with van der Waals surface area (Å²) in [5, 5.41) is 10.8. The van der Waals surface area contributed by atoms with Gasteiger partial charge in [0, 0.05) is 19.6 Å². The molecule has 0 atom stereocenters. The van der Waals surface area contributed by atoms with Crippen LogP contribution in [0, 0.1) is 0 Å². The minimum Gasteiger partial charge on any atom is -0.481 e. The third kappa shape index (κ3) is 7.30. The Morgan fingerprint density at radius 3 is 2.46 bits per heavy atom. The molecule has 0 unspecified atom stereocenters. The van der Waals surface area contributed by atoms with Gasteiger partial charge in [-0.2, -0.15) is 0 Å². The zero-order valence-corrected chi connectivity index (χ0v) is 15.8. The molecule has 2 aromatic carbocycles. The lowest BCUT2D eigenvalue weighted by atomic mass is 10.0. The van der Waals surface area contributed by atoms with Gasteiger partial charge in [-0.05, 0) is 33.4 Å². The van der Waals surface area contributed by atoms with Gasteiger partial charge in [0.25, 0.3) is 0 Å². The Kier molecular flexibility index (Phi) is 8.19. The van der Waals surface area contributed by atoms with E-state index in [1.165, 1.54) is 28.5 Å². The number of aliphatic carboxylic acids is 1. The highest BCUT2D eigenvalue weighted by Gasteiger charge is 2.10. The summed E-state index contributed by atoms with van der Waals surface area (Å²) < 4.78 is 0. The Balaban J connectivity index is 2.05. The summed E-state index contributed by atoms with van der Waals surface area (Å²) in [7, 11) is 0. The van der Waals surface area contributed by atoms with Crippen LogP contribution in [0.5, 0.6) is 0 Å². The molecule has 26 heavy (non-hydrogen) atoms. The van der Waals surface area contributed by atoms with Crippen LogP contribution in [0.4, 0.5) is 0 Å². The summed E-state index contributed by atoms with van der Waals surface area (Å²) in [6, 6.07) is 18.9. The number of carbonyl (C=O) groups is 1. The van der Waals surface area contributed by atoms with Crippen LogP contribution in [-0.2, 0) is 17.8 Å². The molecule has 0 saturated heterocycles. The number of benzene rings is 2. The molecule has 136 valence electrons. The average Bonchev–Trinajstić information content (AvgIpc) is 2.61. The van der Waals surface area contributed by atoms with Gasteiger partial charge in [-0.15, -0.1) is 11.8 Å². The number of hydrogen-bond acceptors (Lipinski definition) is 3. The highest BCUT2D eigenvalue weighted by atomic mass is 32.2. The van der Waals surface area contributed by atoms with Gasteiger partial charge in [0.05, 0.1) is 6.42 Å². The highest BCUT2D eigenvalue weighted by Crippen LogP contribution is 2.18. The molecule has 3 nitrogen and oxygen atoms in total. The Morgan fingerprint density at radius 2 is 1.77 bits per heavy atom. The first-order chi connectivity index (χ1) is 12.6. The molecular formula is C22H25NO2S. The van der Waals surface area contributed by atoms with E-state index < -0.39 is 5.97 Å². The maximum atomic E-state index is 11.0. The smallest absolute Gasteiger partial charge is 0.304 e. The van der Waals surface area contributed by atoms with Crippen molar-refractivity contribution in [3.63, 3.8) is 0 Å². The third-order valence-electron chi connectivity index (χ3n) is 3.94. The van der Waals surface area contributed by atoms with Crippen molar-refractivity contribution in [3.8, 4) is 0 Å². The van der Waals surface area contributed by atoms with E-state index in [4.69, 9.17) is 5.11 Å². The van der Waals surface area contributed by atoms with Crippen molar-refractivity contribution in [1.82, 2.24) is 4.90 Å². The largest absolute Gasteiger partial charge is 0.481 e. The van der Waals surface area contributed by atoms with E-state index in [9.17, 15) is 4.79 Å². The van der Waals surface area contributed by atoms with Gasteiger partial charge >= 0.3 is 5.97 Å². The molecule has 0 aliphatic rings. The molecule has 0 fully saturated rings. The van der Waals surface area contributed by atoms with Crippen LogP contribution in [0.25, 0.3) is 0 Å². The van der Waals surface area contributed by atoms with Gasteiger partial charge in [0.15, 0.2) is 0 Å². The molecule has 2 aromatic rings. The molecule has 0 radical (unpaired) electrons. The molecule has 4 heteroatoms. The molecule has 2 rings (SSSR count). The van der Waals surface area contributed by atoms with Gasteiger partial charge in [-0.1, -0.05) is 67.8 Å². The van der Waals surface area contributed by atoms with Crippen molar-refractivity contribution in [2.75, 3.05) is 13.1 Å². The lowest BCUT2D eigenvalue weighted by Gasteiger charge is -2.22. The molecule has 0 bridgehead atoms. The number of carboxylic acid groups (broad SMARTS) is 1. The lowest BCUT2D eigenvalue weighted by molar-refractivity contribution is -0.137. The molecule has 0 amide bonds. The van der Waals surface area contributed by atoms with Crippen molar-refractivity contribution < 1.29 is 9.90 Å². The van der Waals surface area contributed by atoms with Crippen molar-refractivity contribution in [2.45, 2.75) is 19.4 Å². The van der Waals surface area contributed by atoms with Gasteiger partial charge in [-0.3, -0.25) is 9.69 Å². The summed E-state index contributed by atoms with van der Waals surface area (Å²) >= 11 is 1.49. The Hall–Kier alpha value is -2.30. The number of rotatable bonds is 11. The fraction of sp³-hybridized carbons (Fsp3) is 0.227. The summed E-state index contributed by atoms with van der Waals surface area (Å²) in [5.41, 5.74) is 3.72. The predicted octanol–water partition coefficient (Wildman–Crippen LogP) is 4.94. The topological polar surface area (TPSA) is 40.5 Å². The summed E-state index contributed by atoms with van der Waals surface area (Å²) in [6.07, 6.45) is 1.01. The van der Waals surface area contributed by atoms with E-state index in [-0.39, 0.29) is 6.42 Å². The van der Waals surface area contributed by atoms with E-state index in [0.717, 1.165) is 11.3 Å². The minimum atomic E-state index is -0.783. The van der Waals surface area contributed by atoms with E-state index >= 15 is 0 Å². The summed E-state index contributed by atoms with van der Waals surface area (Å²) in [6.45, 7) is 9.58. The lowest BCUT2D eigenvalue weighted by Crippen LogP contribution is -2.27. The maximum Gasteiger partial charge on any atom is 0.304 e. The van der Waals surface area contributed by atoms with Crippen molar-refractivity contribution in [1.29, 1.82) is 0 Å². The first kappa shape index (κ1) is 20.0. The Labute approximate surface area is 160 Å². The molecular weight excluding hydrogens is 342 g/mol. The zero-order valence-electron chi connectivity index (χ0n) is 14.9. The quantitative estimate of drug-likeness (QED) is 0.610. The van der Waals surface area contributed by atoms with Crippen molar-refractivity contribution in [2.24, 2.45) is 0 Å². The van der Waals surface area contributed by atoms with Crippen molar-refractivity contribution >= 4 is 17.7 Å². The van der Waals surface area contributed by atoms with Crippen LogP contribution < -0.4 is 0 Å². The first-order valence-electron chi connectivity index (χ1n) is 8.58. The van der Waals surface area contributed by atoms with Crippen molar-refractivity contribution in [3.05, 3.63) is 94.8 Å². The van der Waals surface area contributed by atoms with Crippen LogP contribution in [0.3, 0.4) is 0 Å². The Morgan fingerprint density at radius 1 is 1.08 bits per heavy atom. The second-order valence-corrected chi connectivity index (χ2v) is 7.31. The molecule has 0 saturated carbocycles.